The van der Waals surface area contributed by atoms with Crippen molar-refractivity contribution >= 4 is 0 Å². The fourth-order valence-electron chi connectivity index (χ4n) is 1.90. The minimum absolute atomic E-state index is 0.114. The molecule has 1 fully saturated rings. The summed E-state index contributed by atoms with van der Waals surface area (Å²) >= 11 is 0. The van der Waals surface area contributed by atoms with Crippen LogP contribution in [0.4, 0.5) is 0 Å². The van der Waals surface area contributed by atoms with Crippen LogP contribution in [0.3, 0.4) is 0 Å². The van der Waals surface area contributed by atoms with Crippen LogP contribution in [0.1, 0.15) is 31.9 Å². The van der Waals surface area contributed by atoms with Crippen molar-refractivity contribution in [2.75, 3.05) is 6.54 Å². The number of benzene rings is 1. The van der Waals surface area contributed by atoms with E-state index in [1.807, 2.05) is 18.2 Å². The van der Waals surface area contributed by atoms with Crippen LogP contribution in [0, 0.1) is 5.41 Å². The van der Waals surface area contributed by atoms with E-state index in [-0.39, 0.29) is 6.04 Å². The number of hydrogen-bond donors (Lipinski definition) is 2. The Labute approximate surface area is 91.9 Å². The molecule has 2 unspecified atom stereocenters. The lowest BCUT2D eigenvalue weighted by Crippen LogP contribution is -2.30. The summed E-state index contributed by atoms with van der Waals surface area (Å²) in [5, 5.41) is 3.52. The molecule has 0 spiro atoms. The molecule has 82 valence electrons. The molecule has 0 aromatic heterocycles. The standard InChI is InChI=1S/C13H20N2/c1-13(2)8-12(13)15-9-11(14)10-6-4-3-5-7-10/h3-7,11-12,15H,8-9,14H2,1-2H3. The molecule has 0 radical (unpaired) electrons. The van der Waals surface area contributed by atoms with Crippen LogP contribution in [0.25, 0.3) is 0 Å². The summed E-state index contributed by atoms with van der Waals surface area (Å²) < 4.78 is 0. The summed E-state index contributed by atoms with van der Waals surface area (Å²) in [4.78, 5) is 0. The summed E-state index contributed by atoms with van der Waals surface area (Å²) in [5.41, 5.74) is 7.79. The molecule has 0 bridgehead atoms. The average Bonchev–Trinajstić information content (AvgIpc) is 2.84. The van der Waals surface area contributed by atoms with E-state index in [0.717, 1.165) is 6.54 Å². The predicted octanol–water partition coefficient (Wildman–Crippen LogP) is 2.07. The van der Waals surface area contributed by atoms with Crippen LogP contribution >= 0.6 is 0 Å². The molecule has 1 aliphatic carbocycles. The van der Waals surface area contributed by atoms with Gasteiger partial charge >= 0.3 is 0 Å². The van der Waals surface area contributed by atoms with E-state index in [2.05, 4.69) is 31.3 Å². The van der Waals surface area contributed by atoms with E-state index in [9.17, 15) is 0 Å². The van der Waals surface area contributed by atoms with Crippen LogP contribution in [0.15, 0.2) is 30.3 Å². The number of hydrogen-bond acceptors (Lipinski definition) is 2. The van der Waals surface area contributed by atoms with Crippen LogP contribution in [0.5, 0.6) is 0 Å². The smallest absolute Gasteiger partial charge is 0.0421 e. The third-order valence-electron chi connectivity index (χ3n) is 3.33. The fraction of sp³-hybridized carbons (Fsp3) is 0.538. The maximum atomic E-state index is 6.10. The summed E-state index contributed by atoms with van der Waals surface area (Å²) in [6.45, 7) is 5.45. The van der Waals surface area contributed by atoms with Gasteiger partial charge in [-0.1, -0.05) is 44.2 Å². The quantitative estimate of drug-likeness (QED) is 0.788. The molecule has 2 rings (SSSR count). The molecule has 1 aliphatic rings. The minimum Gasteiger partial charge on any atom is -0.323 e. The van der Waals surface area contributed by atoms with Crippen molar-refractivity contribution in [3.8, 4) is 0 Å². The van der Waals surface area contributed by atoms with Gasteiger partial charge < -0.3 is 11.1 Å². The Hall–Kier alpha value is -0.860. The maximum Gasteiger partial charge on any atom is 0.0421 e. The lowest BCUT2D eigenvalue weighted by atomic mass is 10.1. The fourth-order valence-corrected chi connectivity index (χ4v) is 1.90. The van der Waals surface area contributed by atoms with Gasteiger partial charge in [-0.2, -0.15) is 0 Å². The van der Waals surface area contributed by atoms with Gasteiger partial charge in [-0.3, -0.25) is 0 Å². The Morgan fingerprint density at radius 3 is 2.53 bits per heavy atom. The molecule has 3 N–H and O–H groups in total. The van der Waals surface area contributed by atoms with E-state index in [1.165, 1.54) is 12.0 Å². The van der Waals surface area contributed by atoms with Gasteiger partial charge in [0.2, 0.25) is 0 Å². The average molecular weight is 204 g/mol. The summed E-state index contributed by atoms with van der Waals surface area (Å²) in [7, 11) is 0. The van der Waals surface area contributed by atoms with Gasteiger partial charge in [-0.15, -0.1) is 0 Å². The van der Waals surface area contributed by atoms with Crippen LogP contribution < -0.4 is 11.1 Å². The Kier molecular flexibility index (Phi) is 2.81. The molecule has 0 heterocycles. The first-order valence-electron chi connectivity index (χ1n) is 5.63. The molecule has 0 amide bonds. The normalized spacial score (nSPS) is 24.9. The summed E-state index contributed by atoms with van der Waals surface area (Å²) in [5.74, 6) is 0. The Morgan fingerprint density at radius 2 is 2.00 bits per heavy atom. The maximum absolute atomic E-state index is 6.10. The second-order valence-electron chi connectivity index (χ2n) is 5.17. The Morgan fingerprint density at radius 1 is 1.40 bits per heavy atom. The topological polar surface area (TPSA) is 38.0 Å². The first-order valence-corrected chi connectivity index (χ1v) is 5.63. The van der Waals surface area contributed by atoms with Crippen molar-refractivity contribution in [2.24, 2.45) is 11.1 Å². The molecule has 1 saturated carbocycles. The van der Waals surface area contributed by atoms with Crippen molar-refractivity contribution in [3.63, 3.8) is 0 Å². The van der Waals surface area contributed by atoms with Gasteiger partial charge in [0, 0.05) is 18.6 Å². The lowest BCUT2D eigenvalue weighted by molar-refractivity contribution is 0.516. The first-order chi connectivity index (χ1) is 7.09. The van der Waals surface area contributed by atoms with Crippen molar-refractivity contribution < 1.29 is 0 Å². The highest BCUT2D eigenvalue weighted by Gasteiger charge is 2.45. The predicted molar refractivity (Wildman–Crippen MR) is 63.6 cm³/mol. The molecule has 1 aromatic carbocycles. The minimum atomic E-state index is 0.114. The van der Waals surface area contributed by atoms with Crippen molar-refractivity contribution in [2.45, 2.75) is 32.4 Å². The molecule has 2 atom stereocenters. The zero-order valence-electron chi connectivity index (χ0n) is 9.53. The Bertz CT molecular complexity index is 319. The molecule has 0 saturated heterocycles. The summed E-state index contributed by atoms with van der Waals surface area (Å²) in [6.07, 6.45) is 1.27. The Balaban J connectivity index is 1.81. The van der Waals surface area contributed by atoms with Crippen LogP contribution in [0.2, 0.25) is 0 Å². The van der Waals surface area contributed by atoms with Crippen molar-refractivity contribution in [1.29, 1.82) is 0 Å². The van der Waals surface area contributed by atoms with E-state index in [1.54, 1.807) is 0 Å². The molecule has 2 nitrogen and oxygen atoms in total. The molecule has 2 heteroatoms. The number of nitrogens with two attached hydrogens (primary N) is 1. The highest BCUT2D eigenvalue weighted by atomic mass is 15.0. The second-order valence-corrected chi connectivity index (χ2v) is 5.17. The molecular formula is C13H20N2. The van der Waals surface area contributed by atoms with E-state index < -0.39 is 0 Å². The first kappa shape index (κ1) is 10.7. The third kappa shape index (κ3) is 2.58. The van der Waals surface area contributed by atoms with E-state index >= 15 is 0 Å². The zero-order valence-corrected chi connectivity index (χ0v) is 9.53. The SMILES string of the molecule is CC1(C)CC1NCC(N)c1ccccc1. The lowest BCUT2D eigenvalue weighted by Gasteiger charge is -2.13. The monoisotopic (exact) mass is 204 g/mol. The van der Waals surface area contributed by atoms with Gasteiger partial charge in [0.25, 0.3) is 0 Å². The van der Waals surface area contributed by atoms with Crippen LogP contribution in [-0.4, -0.2) is 12.6 Å². The molecule has 1 aromatic rings. The summed E-state index contributed by atoms with van der Waals surface area (Å²) in [6, 6.07) is 11.0. The number of nitrogens with one attached hydrogen (secondary N) is 1. The van der Waals surface area contributed by atoms with Crippen molar-refractivity contribution in [1.82, 2.24) is 5.32 Å². The highest BCUT2D eigenvalue weighted by molar-refractivity contribution is 5.19. The second kappa shape index (κ2) is 3.95. The molecule has 15 heavy (non-hydrogen) atoms. The number of rotatable bonds is 4. The van der Waals surface area contributed by atoms with Gasteiger partial charge in [0.15, 0.2) is 0 Å². The largest absolute Gasteiger partial charge is 0.323 e. The molecular weight excluding hydrogens is 184 g/mol. The van der Waals surface area contributed by atoms with Crippen LogP contribution in [-0.2, 0) is 0 Å². The zero-order chi connectivity index (χ0) is 10.9. The van der Waals surface area contributed by atoms with Gasteiger partial charge in [0.1, 0.15) is 0 Å². The highest BCUT2D eigenvalue weighted by Crippen LogP contribution is 2.44. The van der Waals surface area contributed by atoms with Crippen molar-refractivity contribution in [3.05, 3.63) is 35.9 Å². The van der Waals surface area contributed by atoms with E-state index in [0.29, 0.717) is 11.5 Å². The van der Waals surface area contributed by atoms with Gasteiger partial charge in [0.05, 0.1) is 0 Å². The van der Waals surface area contributed by atoms with Gasteiger partial charge in [-0.25, -0.2) is 0 Å². The third-order valence-corrected chi connectivity index (χ3v) is 3.33. The van der Waals surface area contributed by atoms with Gasteiger partial charge in [-0.05, 0) is 17.4 Å². The van der Waals surface area contributed by atoms with E-state index in [4.69, 9.17) is 5.73 Å². The molecule has 0 aliphatic heterocycles.